The van der Waals surface area contributed by atoms with Crippen molar-refractivity contribution >= 4 is 33.3 Å². The Morgan fingerprint density at radius 2 is 2.11 bits per heavy atom. The molecule has 1 saturated heterocycles. The van der Waals surface area contributed by atoms with E-state index >= 15 is 0 Å². The number of hydrogen-bond acceptors (Lipinski definition) is 3. The van der Waals surface area contributed by atoms with Crippen molar-refractivity contribution in [2.75, 3.05) is 13.2 Å². The molecule has 1 aliphatic rings. The summed E-state index contributed by atoms with van der Waals surface area (Å²) >= 11 is 9.45. The summed E-state index contributed by atoms with van der Waals surface area (Å²) < 4.78 is 6.14. The van der Waals surface area contributed by atoms with E-state index in [1.807, 2.05) is 12.1 Å². The van der Waals surface area contributed by atoms with Gasteiger partial charge in [-0.1, -0.05) is 33.6 Å². The second kappa shape index (κ2) is 5.70. The zero-order chi connectivity index (χ0) is 13.2. The molecule has 5 heteroatoms. The molecule has 0 radical (unpaired) electrons. The van der Waals surface area contributed by atoms with Crippen LogP contribution in [0.3, 0.4) is 0 Å². The second-order valence-electron chi connectivity index (χ2n) is 4.60. The molecule has 0 atom stereocenters. The van der Waals surface area contributed by atoms with Crippen molar-refractivity contribution in [3.63, 3.8) is 0 Å². The maximum Gasteiger partial charge on any atom is 0.157 e. The third kappa shape index (κ3) is 3.12. The number of carbonyl (C=O) groups is 1. The number of benzene rings is 1. The minimum atomic E-state index is -0.755. The van der Waals surface area contributed by atoms with E-state index in [-0.39, 0.29) is 12.2 Å². The topological polar surface area (TPSA) is 52.3 Å². The summed E-state index contributed by atoms with van der Waals surface area (Å²) in [5, 5.41) is 0.591. The predicted octanol–water partition coefficient (Wildman–Crippen LogP) is 2.72. The van der Waals surface area contributed by atoms with Crippen LogP contribution in [0.4, 0.5) is 0 Å². The molecule has 0 amide bonds. The third-order valence-electron chi connectivity index (χ3n) is 3.31. The van der Waals surface area contributed by atoms with Crippen molar-refractivity contribution in [3.8, 4) is 0 Å². The van der Waals surface area contributed by atoms with Crippen LogP contribution in [0.25, 0.3) is 0 Å². The summed E-state index contributed by atoms with van der Waals surface area (Å²) in [5.74, 6) is 0.0371. The number of ketones is 1. The van der Waals surface area contributed by atoms with Crippen molar-refractivity contribution in [2.45, 2.75) is 24.8 Å². The average Bonchev–Trinajstić information content (AvgIpc) is 2.33. The Balaban J connectivity index is 2.11. The van der Waals surface area contributed by atoms with Crippen LogP contribution in [0.1, 0.15) is 18.4 Å². The molecule has 18 heavy (non-hydrogen) atoms. The van der Waals surface area contributed by atoms with Crippen molar-refractivity contribution < 1.29 is 9.53 Å². The van der Waals surface area contributed by atoms with Gasteiger partial charge in [-0.2, -0.15) is 0 Å². The van der Waals surface area contributed by atoms with Gasteiger partial charge in [0.2, 0.25) is 0 Å². The molecule has 1 fully saturated rings. The molecule has 1 aromatic rings. The smallest absolute Gasteiger partial charge is 0.157 e. The van der Waals surface area contributed by atoms with Crippen molar-refractivity contribution in [1.82, 2.24) is 0 Å². The summed E-state index contributed by atoms with van der Waals surface area (Å²) in [7, 11) is 0. The standard InChI is InChI=1S/C13H15BrClNO2/c14-10-2-1-9(11(15)8-10)7-12(17)13(16)3-5-18-6-4-13/h1-2,8H,3-7,16H2. The number of ether oxygens (including phenoxy) is 1. The number of nitrogens with two attached hydrogens (primary N) is 1. The molecule has 2 N–H and O–H groups in total. The summed E-state index contributed by atoms with van der Waals surface area (Å²) in [5.41, 5.74) is 6.21. The monoisotopic (exact) mass is 331 g/mol. The largest absolute Gasteiger partial charge is 0.381 e. The van der Waals surface area contributed by atoms with Crippen molar-refractivity contribution in [1.29, 1.82) is 0 Å². The second-order valence-corrected chi connectivity index (χ2v) is 5.93. The summed E-state index contributed by atoms with van der Waals surface area (Å²) in [6.45, 7) is 1.10. The molecule has 1 heterocycles. The fourth-order valence-corrected chi connectivity index (χ4v) is 2.77. The summed E-state index contributed by atoms with van der Waals surface area (Å²) in [4.78, 5) is 12.3. The molecule has 1 aliphatic heterocycles. The first-order chi connectivity index (χ1) is 8.51. The molecular weight excluding hydrogens is 318 g/mol. The summed E-state index contributed by atoms with van der Waals surface area (Å²) in [6, 6.07) is 5.52. The lowest BCUT2D eigenvalue weighted by Gasteiger charge is -2.31. The van der Waals surface area contributed by atoms with Gasteiger partial charge < -0.3 is 10.5 Å². The van der Waals surface area contributed by atoms with E-state index in [1.165, 1.54) is 0 Å². The van der Waals surface area contributed by atoms with Gasteiger partial charge >= 0.3 is 0 Å². The van der Waals surface area contributed by atoms with Gasteiger partial charge in [-0.25, -0.2) is 0 Å². The van der Waals surface area contributed by atoms with E-state index in [4.69, 9.17) is 22.1 Å². The molecule has 0 bridgehead atoms. The van der Waals surface area contributed by atoms with Gasteiger partial charge in [-0.3, -0.25) is 4.79 Å². The number of carbonyl (C=O) groups excluding carboxylic acids is 1. The molecular formula is C13H15BrClNO2. The van der Waals surface area contributed by atoms with E-state index in [0.29, 0.717) is 31.1 Å². The lowest BCUT2D eigenvalue weighted by molar-refractivity contribution is -0.126. The Labute approximate surface area is 120 Å². The molecule has 2 rings (SSSR count). The molecule has 0 saturated carbocycles. The highest BCUT2D eigenvalue weighted by Gasteiger charge is 2.35. The molecule has 0 aromatic heterocycles. The maximum absolute atomic E-state index is 12.3. The van der Waals surface area contributed by atoms with Crippen LogP contribution in [0, 0.1) is 0 Å². The van der Waals surface area contributed by atoms with Crippen LogP contribution in [-0.2, 0) is 16.0 Å². The fourth-order valence-electron chi connectivity index (χ4n) is 2.03. The Kier molecular flexibility index (Phi) is 4.43. The minimum Gasteiger partial charge on any atom is -0.381 e. The van der Waals surface area contributed by atoms with E-state index in [1.54, 1.807) is 6.07 Å². The first kappa shape index (κ1) is 14.0. The van der Waals surface area contributed by atoms with Gasteiger partial charge in [0.05, 0.1) is 5.54 Å². The maximum atomic E-state index is 12.3. The SMILES string of the molecule is NC1(C(=O)Cc2ccc(Br)cc2Cl)CCOCC1. The van der Waals surface area contributed by atoms with Crippen LogP contribution in [0.5, 0.6) is 0 Å². The van der Waals surface area contributed by atoms with Crippen LogP contribution in [-0.4, -0.2) is 24.5 Å². The van der Waals surface area contributed by atoms with E-state index in [0.717, 1.165) is 10.0 Å². The first-order valence-corrected chi connectivity index (χ1v) is 7.02. The Bertz CT molecular complexity index is 458. The molecule has 98 valence electrons. The lowest BCUT2D eigenvalue weighted by atomic mass is 9.84. The van der Waals surface area contributed by atoms with Gasteiger partial charge in [0.25, 0.3) is 0 Å². The molecule has 0 unspecified atom stereocenters. The Morgan fingerprint density at radius 3 is 2.72 bits per heavy atom. The lowest BCUT2D eigenvalue weighted by Crippen LogP contribution is -2.52. The normalized spacial score (nSPS) is 18.6. The molecule has 3 nitrogen and oxygen atoms in total. The predicted molar refractivity (Wildman–Crippen MR) is 74.8 cm³/mol. The van der Waals surface area contributed by atoms with Gasteiger partial charge in [0.15, 0.2) is 5.78 Å². The Hall–Kier alpha value is -0.420. The zero-order valence-electron chi connectivity index (χ0n) is 9.92. The average molecular weight is 333 g/mol. The van der Waals surface area contributed by atoms with Gasteiger partial charge in [-0.05, 0) is 30.5 Å². The van der Waals surface area contributed by atoms with Crippen LogP contribution < -0.4 is 5.73 Å². The van der Waals surface area contributed by atoms with E-state index in [9.17, 15) is 4.79 Å². The number of Topliss-reactive ketones (excluding diaryl/α,β-unsaturated/α-hetero) is 1. The van der Waals surface area contributed by atoms with Gasteiger partial charge in [-0.15, -0.1) is 0 Å². The van der Waals surface area contributed by atoms with E-state index in [2.05, 4.69) is 15.9 Å². The fraction of sp³-hybridized carbons (Fsp3) is 0.462. The number of halogens is 2. The Morgan fingerprint density at radius 1 is 1.44 bits per heavy atom. The van der Waals surface area contributed by atoms with E-state index < -0.39 is 5.54 Å². The van der Waals surface area contributed by atoms with Crippen molar-refractivity contribution in [3.05, 3.63) is 33.3 Å². The highest BCUT2D eigenvalue weighted by Crippen LogP contribution is 2.25. The molecule has 0 spiro atoms. The third-order valence-corrected chi connectivity index (χ3v) is 4.15. The summed E-state index contributed by atoms with van der Waals surface area (Å²) in [6.07, 6.45) is 1.45. The van der Waals surface area contributed by atoms with Crippen LogP contribution in [0.2, 0.25) is 5.02 Å². The van der Waals surface area contributed by atoms with Crippen molar-refractivity contribution in [2.24, 2.45) is 5.73 Å². The quantitative estimate of drug-likeness (QED) is 0.926. The zero-order valence-corrected chi connectivity index (χ0v) is 12.3. The number of rotatable bonds is 3. The molecule has 0 aliphatic carbocycles. The van der Waals surface area contributed by atoms with Crippen LogP contribution in [0.15, 0.2) is 22.7 Å². The number of hydrogen-bond donors (Lipinski definition) is 1. The van der Waals surface area contributed by atoms with Crippen LogP contribution >= 0.6 is 27.5 Å². The highest BCUT2D eigenvalue weighted by atomic mass is 79.9. The van der Waals surface area contributed by atoms with Gasteiger partial charge in [0.1, 0.15) is 0 Å². The minimum absolute atomic E-state index is 0.0371. The first-order valence-electron chi connectivity index (χ1n) is 5.85. The van der Waals surface area contributed by atoms with Gasteiger partial charge in [0, 0.05) is 29.1 Å². The highest BCUT2D eigenvalue weighted by molar-refractivity contribution is 9.10. The molecule has 1 aromatic carbocycles.